The van der Waals surface area contributed by atoms with Gasteiger partial charge < -0.3 is 5.32 Å². The SMILES string of the molecule is CC1CN(CC2CCCC2)C(C(C)(C)C)CN1. The molecule has 1 N–H and O–H groups in total. The van der Waals surface area contributed by atoms with Gasteiger partial charge in [-0.25, -0.2) is 0 Å². The second-order valence-corrected chi connectivity index (χ2v) is 7.30. The molecule has 0 radical (unpaired) electrons. The third kappa shape index (κ3) is 3.45. The van der Waals surface area contributed by atoms with Gasteiger partial charge in [0.2, 0.25) is 0 Å². The average molecular weight is 238 g/mol. The van der Waals surface area contributed by atoms with E-state index in [4.69, 9.17) is 0 Å². The van der Waals surface area contributed by atoms with Gasteiger partial charge in [0.25, 0.3) is 0 Å². The van der Waals surface area contributed by atoms with E-state index in [0.29, 0.717) is 17.5 Å². The highest BCUT2D eigenvalue weighted by atomic mass is 15.2. The first kappa shape index (κ1) is 13.4. The van der Waals surface area contributed by atoms with E-state index in [2.05, 4.69) is 37.9 Å². The summed E-state index contributed by atoms with van der Waals surface area (Å²) >= 11 is 0. The molecular weight excluding hydrogens is 208 g/mol. The Hall–Kier alpha value is -0.0800. The second-order valence-electron chi connectivity index (χ2n) is 7.30. The summed E-state index contributed by atoms with van der Waals surface area (Å²) in [6.45, 7) is 13.2. The molecule has 2 atom stereocenters. The van der Waals surface area contributed by atoms with Gasteiger partial charge in [-0.15, -0.1) is 0 Å². The molecule has 2 fully saturated rings. The lowest BCUT2D eigenvalue weighted by atomic mass is 9.83. The Morgan fingerprint density at radius 1 is 1.18 bits per heavy atom. The van der Waals surface area contributed by atoms with E-state index >= 15 is 0 Å². The molecule has 1 saturated carbocycles. The molecule has 1 saturated heterocycles. The third-order valence-corrected chi connectivity index (χ3v) is 4.58. The van der Waals surface area contributed by atoms with E-state index in [0.717, 1.165) is 12.5 Å². The maximum atomic E-state index is 3.65. The summed E-state index contributed by atoms with van der Waals surface area (Å²) in [5.41, 5.74) is 0.395. The second kappa shape index (κ2) is 5.27. The molecule has 2 aliphatic rings. The molecule has 0 aromatic heterocycles. The van der Waals surface area contributed by atoms with Crippen LogP contribution in [0.5, 0.6) is 0 Å². The third-order valence-electron chi connectivity index (χ3n) is 4.58. The van der Waals surface area contributed by atoms with E-state index < -0.39 is 0 Å². The van der Waals surface area contributed by atoms with Gasteiger partial charge in [0.1, 0.15) is 0 Å². The average Bonchev–Trinajstić information content (AvgIpc) is 2.68. The van der Waals surface area contributed by atoms with Gasteiger partial charge in [-0.2, -0.15) is 0 Å². The van der Waals surface area contributed by atoms with Gasteiger partial charge >= 0.3 is 0 Å². The van der Waals surface area contributed by atoms with Crippen LogP contribution in [0.15, 0.2) is 0 Å². The first-order valence-corrected chi connectivity index (χ1v) is 7.44. The zero-order chi connectivity index (χ0) is 12.5. The summed E-state index contributed by atoms with van der Waals surface area (Å²) in [7, 11) is 0. The van der Waals surface area contributed by atoms with E-state index in [-0.39, 0.29) is 0 Å². The molecule has 100 valence electrons. The molecule has 17 heavy (non-hydrogen) atoms. The molecule has 1 heterocycles. The number of hydrogen-bond acceptors (Lipinski definition) is 2. The van der Waals surface area contributed by atoms with Gasteiger partial charge in [0.15, 0.2) is 0 Å². The minimum absolute atomic E-state index is 0.395. The molecule has 1 aliphatic heterocycles. The lowest BCUT2D eigenvalue weighted by Crippen LogP contribution is -2.60. The monoisotopic (exact) mass is 238 g/mol. The zero-order valence-corrected chi connectivity index (χ0v) is 12.1. The van der Waals surface area contributed by atoms with Crippen LogP contribution in [0.3, 0.4) is 0 Å². The Morgan fingerprint density at radius 3 is 2.41 bits per heavy atom. The van der Waals surface area contributed by atoms with Crippen LogP contribution < -0.4 is 5.32 Å². The van der Waals surface area contributed by atoms with Crippen molar-refractivity contribution in [3.63, 3.8) is 0 Å². The molecule has 2 unspecified atom stereocenters. The molecule has 1 aliphatic carbocycles. The highest BCUT2D eigenvalue weighted by molar-refractivity contribution is 4.92. The Kier molecular flexibility index (Phi) is 4.14. The number of hydrogen-bond donors (Lipinski definition) is 1. The lowest BCUT2D eigenvalue weighted by Gasteiger charge is -2.46. The number of piperazine rings is 1. The Labute approximate surface area is 107 Å². The van der Waals surface area contributed by atoms with E-state index in [1.54, 1.807) is 0 Å². The van der Waals surface area contributed by atoms with Crippen molar-refractivity contribution in [1.82, 2.24) is 10.2 Å². The standard InChI is InChI=1S/C15H30N2/c1-12-10-17(11-13-7-5-6-8-13)14(9-16-12)15(2,3)4/h12-14,16H,5-11H2,1-4H3. The smallest absolute Gasteiger partial charge is 0.0269 e. The maximum absolute atomic E-state index is 3.65. The lowest BCUT2D eigenvalue weighted by molar-refractivity contribution is 0.0466. The summed E-state index contributed by atoms with van der Waals surface area (Å²) in [5.74, 6) is 0.977. The van der Waals surface area contributed by atoms with Crippen LogP contribution in [0.25, 0.3) is 0 Å². The molecule has 2 nitrogen and oxygen atoms in total. The fraction of sp³-hybridized carbons (Fsp3) is 1.00. The molecule has 0 amide bonds. The number of rotatable bonds is 2. The Balaban J connectivity index is 1.98. The quantitative estimate of drug-likeness (QED) is 0.796. The van der Waals surface area contributed by atoms with Gasteiger partial charge in [0, 0.05) is 31.7 Å². The van der Waals surface area contributed by atoms with E-state index in [1.807, 2.05) is 0 Å². The van der Waals surface area contributed by atoms with Crippen molar-refractivity contribution in [2.75, 3.05) is 19.6 Å². The summed E-state index contributed by atoms with van der Waals surface area (Å²) < 4.78 is 0. The van der Waals surface area contributed by atoms with Crippen LogP contribution in [0.1, 0.15) is 53.4 Å². The highest BCUT2D eigenvalue weighted by Gasteiger charge is 2.35. The molecule has 0 aromatic carbocycles. The van der Waals surface area contributed by atoms with Gasteiger partial charge in [-0.3, -0.25) is 4.90 Å². The molecule has 0 spiro atoms. The van der Waals surface area contributed by atoms with E-state index in [1.165, 1.54) is 38.8 Å². The maximum Gasteiger partial charge on any atom is 0.0269 e. The Morgan fingerprint density at radius 2 is 1.82 bits per heavy atom. The fourth-order valence-corrected chi connectivity index (χ4v) is 3.57. The van der Waals surface area contributed by atoms with Crippen LogP contribution in [-0.4, -0.2) is 36.6 Å². The summed E-state index contributed by atoms with van der Waals surface area (Å²) in [6.07, 6.45) is 5.86. The van der Waals surface area contributed by atoms with Crippen molar-refractivity contribution in [2.24, 2.45) is 11.3 Å². The largest absolute Gasteiger partial charge is 0.311 e. The molecule has 2 heteroatoms. The predicted molar refractivity (Wildman–Crippen MR) is 74.2 cm³/mol. The van der Waals surface area contributed by atoms with Crippen LogP contribution >= 0.6 is 0 Å². The van der Waals surface area contributed by atoms with Gasteiger partial charge in [-0.05, 0) is 31.1 Å². The summed E-state index contributed by atoms with van der Waals surface area (Å²) in [4.78, 5) is 2.77. The van der Waals surface area contributed by atoms with Crippen molar-refractivity contribution >= 4 is 0 Å². The topological polar surface area (TPSA) is 15.3 Å². The van der Waals surface area contributed by atoms with Crippen molar-refractivity contribution < 1.29 is 0 Å². The predicted octanol–water partition coefficient (Wildman–Crippen LogP) is 2.89. The first-order valence-electron chi connectivity index (χ1n) is 7.44. The number of nitrogens with one attached hydrogen (secondary N) is 1. The summed E-state index contributed by atoms with van der Waals surface area (Å²) in [5, 5.41) is 3.65. The van der Waals surface area contributed by atoms with Crippen molar-refractivity contribution in [3.05, 3.63) is 0 Å². The van der Waals surface area contributed by atoms with Crippen LogP contribution in [0.2, 0.25) is 0 Å². The molecule has 2 rings (SSSR count). The van der Waals surface area contributed by atoms with Crippen molar-refractivity contribution in [3.8, 4) is 0 Å². The highest BCUT2D eigenvalue weighted by Crippen LogP contribution is 2.31. The minimum Gasteiger partial charge on any atom is -0.311 e. The van der Waals surface area contributed by atoms with Crippen LogP contribution in [0, 0.1) is 11.3 Å². The number of nitrogens with zero attached hydrogens (tertiary/aromatic N) is 1. The van der Waals surface area contributed by atoms with Crippen LogP contribution in [-0.2, 0) is 0 Å². The van der Waals surface area contributed by atoms with Gasteiger partial charge in [-0.1, -0.05) is 33.6 Å². The molecular formula is C15H30N2. The van der Waals surface area contributed by atoms with Crippen molar-refractivity contribution in [2.45, 2.75) is 65.5 Å². The van der Waals surface area contributed by atoms with Crippen molar-refractivity contribution in [1.29, 1.82) is 0 Å². The Bertz CT molecular complexity index is 238. The van der Waals surface area contributed by atoms with Gasteiger partial charge in [0.05, 0.1) is 0 Å². The zero-order valence-electron chi connectivity index (χ0n) is 12.1. The molecule has 0 bridgehead atoms. The van der Waals surface area contributed by atoms with E-state index in [9.17, 15) is 0 Å². The minimum atomic E-state index is 0.395. The van der Waals surface area contributed by atoms with Crippen LogP contribution in [0.4, 0.5) is 0 Å². The first-order chi connectivity index (χ1) is 7.97. The summed E-state index contributed by atoms with van der Waals surface area (Å²) in [6, 6.07) is 1.37. The molecule has 0 aromatic rings. The normalized spacial score (nSPS) is 33.2. The fourth-order valence-electron chi connectivity index (χ4n) is 3.57.